The van der Waals surface area contributed by atoms with Crippen molar-refractivity contribution in [3.8, 4) is 0 Å². The fraction of sp³-hybridized carbons (Fsp3) is 0.273. The van der Waals surface area contributed by atoms with Gasteiger partial charge in [-0.1, -0.05) is 11.6 Å². The maximum absolute atomic E-state index is 11.2. The molecule has 98 valence electrons. The number of esters is 1. The summed E-state index contributed by atoms with van der Waals surface area (Å²) in [7, 11) is 0. The monoisotopic (exact) mass is 334 g/mol. The maximum Gasteiger partial charge on any atom is 0.325 e. The molecule has 0 fully saturated rings. The summed E-state index contributed by atoms with van der Waals surface area (Å²) >= 11 is 9.10. The highest BCUT2D eigenvalue weighted by atomic mass is 79.9. The molecule has 18 heavy (non-hydrogen) atoms. The highest BCUT2D eigenvalue weighted by molar-refractivity contribution is 9.10. The molecule has 0 saturated heterocycles. The van der Waals surface area contributed by atoms with Gasteiger partial charge in [0.05, 0.1) is 17.2 Å². The van der Waals surface area contributed by atoms with Gasteiger partial charge in [-0.05, 0) is 35.0 Å². The first-order chi connectivity index (χ1) is 8.45. The lowest BCUT2D eigenvalue weighted by Crippen LogP contribution is -2.20. The summed E-state index contributed by atoms with van der Waals surface area (Å²) in [5.41, 5.74) is 5.87. The van der Waals surface area contributed by atoms with Gasteiger partial charge in [-0.3, -0.25) is 9.59 Å². The van der Waals surface area contributed by atoms with Gasteiger partial charge in [-0.2, -0.15) is 0 Å². The molecule has 0 radical (unpaired) electrons. The molecular formula is C11H12BrClN2O3. The zero-order valence-corrected chi connectivity index (χ0v) is 12.0. The van der Waals surface area contributed by atoms with Crippen molar-refractivity contribution in [1.82, 2.24) is 0 Å². The summed E-state index contributed by atoms with van der Waals surface area (Å²) in [5, 5.41) is 3.15. The second-order valence-corrected chi connectivity index (χ2v) is 4.60. The zero-order chi connectivity index (χ0) is 13.7. The Hall–Kier alpha value is -1.27. The Morgan fingerprint density at radius 2 is 2.17 bits per heavy atom. The minimum absolute atomic E-state index is 0.0534. The second kappa shape index (κ2) is 6.61. The van der Waals surface area contributed by atoms with Crippen LogP contribution in [0.25, 0.3) is 0 Å². The molecule has 3 N–H and O–H groups in total. The molecule has 1 aromatic rings. The Kier molecular flexibility index (Phi) is 5.43. The van der Waals surface area contributed by atoms with Crippen molar-refractivity contribution in [2.24, 2.45) is 5.73 Å². The predicted octanol–water partition coefficient (Wildman–Crippen LogP) is 2.18. The van der Waals surface area contributed by atoms with Crippen molar-refractivity contribution in [1.29, 1.82) is 0 Å². The third-order valence-electron chi connectivity index (χ3n) is 2.05. The summed E-state index contributed by atoms with van der Waals surface area (Å²) < 4.78 is 5.36. The number of nitrogens with two attached hydrogens (primary N) is 1. The van der Waals surface area contributed by atoms with E-state index in [-0.39, 0.29) is 12.1 Å². The molecule has 0 aliphatic heterocycles. The van der Waals surface area contributed by atoms with E-state index in [0.717, 1.165) is 0 Å². The van der Waals surface area contributed by atoms with E-state index in [1.165, 1.54) is 6.07 Å². The number of amides is 1. The molecule has 0 atom stereocenters. The van der Waals surface area contributed by atoms with E-state index in [0.29, 0.717) is 21.8 Å². The second-order valence-electron chi connectivity index (χ2n) is 3.33. The Balaban J connectivity index is 2.90. The van der Waals surface area contributed by atoms with Gasteiger partial charge in [-0.15, -0.1) is 0 Å². The van der Waals surface area contributed by atoms with E-state index in [9.17, 15) is 9.59 Å². The smallest absolute Gasteiger partial charge is 0.325 e. The largest absolute Gasteiger partial charge is 0.465 e. The van der Waals surface area contributed by atoms with Gasteiger partial charge in [0.15, 0.2) is 0 Å². The molecule has 0 aromatic heterocycles. The van der Waals surface area contributed by atoms with Gasteiger partial charge >= 0.3 is 5.97 Å². The van der Waals surface area contributed by atoms with E-state index < -0.39 is 11.9 Å². The predicted molar refractivity (Wildman–Crippen MR) is 72.8 cm³/mol. The summed E-state index contributed by atoms with van der Waals surface area (Å²) in [4.78, 5) is 22.5. The first kappa shape index (κ1) is 14.8. The minimum atomic E-state index is -0.629. The molecule has 0 spiro atoms. The Labute approximate surface area is 118 Å². The Morgan fingerprint density at radius 3 is 2.72 bits per heavy atom. The lowest BCUT2D eigenvalue weighted by molar-refractivity contribution is -0.140. The molecule has 1 aromatic carbocycles. The van der Waals surface area contributed by atoms with Crippen molar-refractivity contribution in [2.45, 2.75) is 6.92 Å². The number of hydrogen-bond acceptors (Lipinski definition) is 4. The normalized spacial score (nSPS) is 9.94. The fourth-order valence-corrected chi connectivity index (χ4v) is 1.78. The quantitative estimate of drug-likeness (QED) is 0.808. The molecule has 1 amide bonds. The van der Waals surface area contributed by atoms with E-state index in [1.807, 2.05) is 0 Å². The zero-order valence-electron chi connectivity index (χ0n) is 9.63. The maximum atomic E-state index is 11.2. The summed E-state index contributed by atoms with van der Waals surface area (Å²) in [6.45, 7) is 1.96. The van der Waals surface area contributed by atoms with Crippen LogP contribution in [0.5, 0.6) is 0 Å². The van der Waals surface area contributed by atoms with Gasteiger partial charge in [0, 0.05) is 10.2 Å². The van der Waals surface area contributed by atoms with Crippen LogP contribution in [0.4, 0.5) is 5.69 Å². The van der Waals surface area contributed by atoms with Crippen LogP contribution in [0.1, 0.15) is 17.3 Å². The number of benzene rings is 1. The topological polar surface area (TPSA) is 81.4 Å². The van der Waals surface area contributed by atoms with Crippen LogP contribution in [-0.2, 0) is 9.53 Å². The highest BCUT2D eigenvalue weighted by Gasteiger charge is 2.12. The molecule has 7 heteroatoms. The van der Waals surface area contributed by atoms with Crippen molar-refractivity contribution >= 4 is 45.1 Å². The number of rotatable bonds is 5. The van der Waals surface area contributed by atoms with E-state index in [4.69, 9.17) is 22.1 Å². The van der Waals surface area contributed by atoms with Crippen LogP contribution in [-0.4, -0.2) is 25.0 Å². The van der Waals surface area contributed by atoms with Crippen LogP contribution in [0.2, 0.25) is 5.02 Å². The number of carbonyl (C=O) groups excluding carboxylic acids is 2. The SMILES string of the molecule is CCOC(=O)CNc1cc(Br)c(Cl)cc1C(N)=O. The van der Waals surface area contributed by atoms with Gasteiger partial charge < -0.3 is 15.8 Å². The van der Waals surface area contributed by atoms with Crippen LogP contribution < -0.4 is 11.1 Å². The average molecular weight is 336 g/mol. The summed E-state index contributed by atoms with van der Waals surface area (Å²) in [5.74, 6) is -1.05. The fourth-order valence-electron chi connectivity index (χ4n) is 1.28. The number of carbonyl (C=O) groups is 2. The van der Waals surface area contributed by atoms with Crippen LogP contribution in [0.15, 0.2) is 16.6 Å². The summed E-state index contributed by atoms with van der Waals surface area (Å²) in [6, 6.07) is 3.02. The van der Waals surface area contributed by atoms with E-state index in [1.54, 1.807) is 13.0 Å². The van der Waals surface area contributed by atoms with Crippen LogP contribution in [0, 0.1) is 0 Å². The highest BCUT2D eigenvalue weighted by Crippen LogP contribution is 2.29. The van der Waals surface area contributed by atoms with Gasteiger partial charge in [0.2, 0.25) is 0 Å². The molecule has 0 heterocycles. The van der Waals surface area contributed by atoms with Crippen molar-refractivity contribution in [3.63, 3.8) is 0 Å². The minimum Gasteiger partial charge on any atom is -0.465 e. The summed E-state index contributed by atoms with van der Waals surface area (Å²) in [6.07, 6.45) is 0. The first-order valence-corrected chi connectivity index (χ1v) is 6.31. The molecule has 5 nitrogen and oxygen atoms in total. The standard InChI is InChI=1S/C11H12BrClN2O3/c1-2-18-10(16)5-15-9-4-7(12)8(13)3-6(9)11(14)17/h3-4,15H,2,5H2,1H3,(H2,14,17). The van der Waals surface area contributed by atoms with Gasteiger partial charge in [0.25, 0.3) is 5.91 Å². The number of nitrogens with one attached hydrogen (secondary N) is 1. The van der Waals surface area contributed by atoms with E-state index in [2.05, 4.69) is 21.2 Å². The lowest BCUT2D eigenvalue weighted by atomic mass is 10.1. The number of ether oxygens (including phenoxy) is 1. The number of anilines is 1. The van der Waals surface area contributed by atoms with Crippen LogP contribution >= 0.6 is 27.5 Å². The van der Waals surface area contributed by atoms with Crippen molar-refractivity contribution in [3.05, 3.63) is 27.2 Å². The first-order valence-electron chi connectivity index (χ1n) is 5.14. The lowest BCUT2D eigenvalue weighted by Gasteiger charge is -2.11. The molecular weight excluding hydrogens is 323 g/mol. The third kappa shape index (κ3) is 3.89. The van der Waals surface area contributed by atoms with Crippen LogP contribution in [0.3, 0.4) is 0 Å². The molecule has 0 bridgehead atoms. The Morgan fingerprint density at radius 1 is 1.50 bits per heavy atom. The van der Waals surface area contributed by atoms with Crippen molar-refractivity contribution < 1.29 is 14.3 Å². The molecule has 0 aliphatic rings. The average Bonchev–Trinajstić information content (AvgIpc) is 2.30. The number of hydrogen-bond donors (Lipinski definition) is 2. The Bertz CT molecular complexity index is 480. The molecule has 0 saturated carbocycles. The molecule has 0 unspecified atom stereocenters. The number of primary amides is 1. The third-order valence-corrected chi connectivity index (χ3v) is 3.25. The van der Waals surface area contributed by atoms with Gasteiger partial charge in [-0.25, -0.2) is 0 Å². The van der Waals surface area contributed by atoms with E-state index >= 15 is 0 Å². The number of halogens is 2. The van der Waals surface area contributed by atoms with Gasteiger partial charge in [0.1, 0.15) is 6.54 Å². The van der Waals surface area contributed by atoms with Crippen molar-refractivity contribution in [2.75, 3.05) is 18.5 Å². The molecule has 1 rings (SSSR count). The molecule has 0 aliphatic carbocycles.